The third kappa shape index (κ3) is 4.03. The molecule has 3 rings (SSSR count). The van der Waals surface area contributed by atoms with Crippen molar-refractivity contribution in [1.29, 1.82) is 0 Å². The van der Waals surface area contributed by atoms with Gasteiger partial charge in [0.15, 0.2) is 0 Å². The summed E-state index contributed by atoms with van der Waals surface area (Å²) in [6.45, 7) is 11.7. The fourth-order valence-electron chi connectivity index (χ4n) is 2.97. The van der Waals surface area contributed by atoms with Gasteiger partial charge in [-0.15, -0.1) is 0 Å². The van der Waals surface area contributed by atoms with E-state index in [0.29, 0.717) is 6.04 Å². The molecule has 0 atom stereocenters. The summed E-state index contributed by atoms with van der Waals surface area (Å²) in [5, 5.41) is 3.43. The summed E-state index contributed by atoms with van der Waals surface area (Å²) in [7, 11) is 0. The van der Waals surface area contributed by atoms with Crippen LogP contribution >= 0.6 is 0 Å². The number of nitrogens with zero attached hydrogens (tertiary/aromatic N) is 4. The Bertz CT molecular complexity index is 648. The van der Waals surface area contributed by atoms with E-state index in [2.05, 4.69) is 48.0 Å². The van der Waals surface area contributed by atoms with Crippen molar-refractivity contribution in [1.82, 2.24) is 14.9 Å². The Hall–Kier alpha value is -2.14. The van der Waals surface area contributed by atoms with Crippen LogP contribution in [0.1, 0.15) is 20.8 Å². The maximum absolute atomic E-state index is 4.84. The standard InChI is InChI=1S/C19H27N5/c1-4-23-10-12-24(13-11-23)19-21-17(16-8-6-5-7-9-16)14-18(22-19)20-15(2)3/h5-9,14-15H,4,10-13H2,1-3H3,(H,20,21,22). The summed E-state index contributed by atoms with van der Waals surface area (Å²) in [6, 6.07) is 12.7. The number of benzene rings is 1. The molecule has 1 aromatic heterocycles. The van der Waals surface area contributed by atoms with E-state index in [9.17, 15) is 0 Å². The zero-order valence-electron chi connectivity index (χ0n) is 14.9. The molecular weight excluding hydrogens is 298 g/mol. The van der Waals surface area contributed by atoms with Crippen molar-refractivity contribution >= 4 is 11.8 Å². The molecule has 0 spiro atoms. The van der Waals surface area contributed by atoms with Gasteiger partial charge in [-0.2, -0.15) is 4.98 Å². The summed E-state index contributed by atoms with van der Waals surface area (Å²) in [6.07, 6.45) is 0. The van der Waals surface area contributed by atoms with Crippen LogP contribution in [0.25, 0.3) is 11.3 Å². The maximum atomic E-state index is 4.84. The topological polar surface area (TPSA) is 44.3 Å². The Balaban J connectivity index is 1.90. The van der Waals surface area contributed by atoms with E-state index in [4.69, 9.17) is 9.97 Å². The fourth-order valence-corrected chi connectivity index (χ4v) is 2.97. The lowest BCUT2D eigenvalue weighted by molar-refractivity contribution is 0.270. The van der Waals surface area contributed by atoms with Gasteiger partial charge in [0.25, 0.3) is 0 Å². The van der Waals surface area contributed by atoms with Crippen LogP contribution in [-0.2, 0) is 0 Å². The summed E-state index contributed by atoms with van der Waals surface area (Å²) in [5.74, 6) is 1.72. The Morgan fingerprint density at radius 3 is 2.38 bits per heavy atom. The predicted octanol–water partition coefficient (Wildman–Crippen LogP) is 3.11. The molecule has 0 unspecified atom stereocenters. The highest BCUT2D eigenvalue weighted by Gasteiger charge is 2.19. The lowest BCUT2D eigenvalue weighted by atomic mass is 10.1. The van der Waals surface area contributed by atoms with Gasteiger partial charge in [0.1, 0.15) is 5.82 Å². The second-order valence-electron chi connectivity index (χ2n) is 6.52. The van der Waals surface area contributed by atoms with Crippen LogP contribution in [0.3, 0.4) is 0 Å². The lowest BCUT2D eigenvalue weighted by Crippen LogP contribution is -2.46. The summed E-state index contributed by atoms with van der Waals surface area (Å²) in [5.41, 5.74) is 2.10. The highest BCUT2D eigenvalue weighted by Crippen LogP contribution is 2.23. The number of hydrogen-bond donors (Lipinski definition) is 1. The van der Waals surface area contributed by atoms with Crippen LogP contribution in [0.4, 0.5) is 11.8 Å². The maximum Gasteiger partial charge on any atom is 0.227 e. The molecule has 5 nitrogen and oxygen atoms in total. The zero-order valence-corrected chi connectivity index (χ0v) is 14.9. The molecule has 24 heavy (non-hydrogen) atoms. The first-order valence-electron chi connectivity index (χ1n) is 8.84. The molecule has 5 heteroatoms. The van der Waals surface area contributed by atoms with Gasteiger partial charge in [-0.25, -0.2) is 4.98 Å². The third-order valence-corrected chi connectivity index (χ3v) is 4.32. The van der Waals surface area contributed by atoms with Gasteiger partial charge in [-0.05, 0) is 20.4 Å². The molecule has 0 aliphatic carbocycles. The average molecular weight is 325 g/mol. The Labute approximate surface area is 144 Å². The van der Waals surface area contributed by atoms with Crippen LogP contribution in [0.5, 0.6) is 0 Å². The minimum Gasteiger partial charge on any atom is -0.368 e. The normalized spacial score (nSPS) is 15.8. The molecule has 0 saturated carbocycles. The Kier molecular flexibility index (Phi) is 5.30. The van der Waals surface area contributed by atoms with Gasteiger partial charge >= 0.3 is 0 Å². The average Bonchev–Trinajstić information content (AvgIpc) is 2.62. The molecule has 0 bridgehead atoms. The van der Waals surface area contributed by atoms with Crippen LogP contribution in [-0.4, -0.2) is 53.6 Å². The fraction of sp³-hybridized carbons (Fsp3) is 0.474. The highest BCUT2D eigenvalue weighted by atomic mass is 15.3. The number of hydrogen-bond acceptors (Lipinski definition) is 5. The minimum atomic E-state index is 0.341. The first-order chi connectivity index (χ1) is 11.7. The number of likely N-dealkylation sites (N-methyl/N-ethyl adjacent to an activating group) is 1. The molecule has 0 amide bonds. The molecule has 1 saturated heterocycles. The van der Waals surface area contributed by atoms with Crippen LogP contribution in [0, 0.1) is 0 Å². The molecule has 1 N–H and O–H groups in total. The van der Waals surface area contributed by atoms with E-state index in [1.54, 1.807) is 0 Å². The van der Waals surface area contributed by atoms with E-state index in [1.807, 2.05) is 24.3 Å². The van der Waals surface area contributed by atoms with E-state index in [1.165, 1.54) is 0 Å². The highest BCUT2D eigenvalue weighted by molar-refractivity contribution is 5.64. The van der Waals surface area contributed by atoms with E-state index < -0.39 is 0 Å². The number of aromatic nitrogens is 2. The minimum absolute atomic E-state index is 0.341. The van der Waals surface area contributed by atoms with Gasteiger partial charge in [0.05, 0.1) is 5.69 Å². The lowest BCUT2D eigenvalue weighted by Gasteiger charge is -2.34. The van der Waals surface area contributed by atoms with Crippen LogP contribution in [0.2, 0.25) is 0 Å². The second-order valence-corrected chi connectivity index (χ2v) is 6.52. The number of rotatable bonds is 5. The van der Waals surface area contributed by atoms with Gasteiger partial charge in [0.2, 0.25) is 5.95 Å². The predicted molar refractivity (Wildman–Crippen MR) is 101 cm³/mol. The summed E-state index contributed by atoms with van der Waals surface area (Å²) >= 11 is 0. The molecule has 1 aromatic carbocycles. The molecule has 2 heterocycles. The van der Waals surface area contributed by atoms with Gasteiger partial charge in [-0.3, -0.25) is 0 Å². The molecule has 0 radical (unpaired) electrons. The molecule has 1 fully saturated rings. The monoisotopic (exact) mass is 325 g/mol. The first-order valence-corrected chi connectivity index (χ1v) is 8.84. The number of anilines is 2. The largest absolute Gasteiger partial charge is 0.368 e. The van der Waals surface area contributed by atoms with E-state index in [-0.39, 0.29) is 0 Å². The molecule has 128 valence electrons. The summed E-state index contributed by atoms with van der Waals surface area (Å²) < 4.78 is 0. The van der Waals surface area contributed by atoms with E-state index >= 15 is 0 Å². The first kappa shape index (κ1) is 16.7. The Morgan fingerprint density at radius 1 is 1.04 bits per heavy atom. The third-order valence-electron chi connectivity index (χ3n) is 4.32. The van der Waals surface area contributed by atoms with Crippen molar-refractivity contribution in [2.24, 2.45) is 0 Å². The molecule has 1 aliphatic rings. The number of nitrogens with one attached hydrogen (secondary N) is 1. The number of piperazine rings is 1. The summed E-state index contributed by atoms with van der Waals surface area (Å²) in [4.78, 5) is 14.4. The molecule has 1 aliphatic heterocycles. The van der Waals surface area contributed by atoms with Crippen LogP contribution in [0.15, 0.2) is 36.4 Å². The van der Waals surface area contributed by atoms with Gasteiger partial charge in [0, 0.05) is 43.9 Å². The quantitative estimate of drug-likeness (QED) is 0.915. The van der Waals surface area contributed by atoms with Crippen molar-refractivity contribution in [3.8, 4) is 11.3 Å². The zero-order chi connectivity index (χ0) is 16.9. The van der Waals surface area contributed by atoms with Gasteiger partial charge < -0.3 is 15.1 Å². The molecular formula is C19H27N5. The van der Waals surface area contributed by atoms with Crippen molar-refractivity contribution < 1.29 is 0 Å². The molecule has 2 aromatic rings. The van der Waals surface area contributed by atoms with Gasteiger partial charge in [-0.1, -0.05) is 37.3 Å². The second kappa shape index (κ2) is 7.62. The Morgan fingerprint density at radius 2 is 1.75 bits per heavy atom. The van der Waals surface area contributed by atoms with E-state index in [0.717, 1.165) is 55.7 Å². The smallest absolute Gasteiger partial charge is 0.227 e. The van der Waals surface area contributed by atoms with Crippen molar-refractivity contribution in [3.05, 3.63) is 36.4 Å². The van der Waals surface area contributed by atoms with Crippen LogP contribution < -0.4 is 10.2 Å². The van der Waals surface area contributed by atoms with Crippen molar-refractivity contribution in [2.75, 3.05) is 42.9 Å². The SMILES string of the molecule is CCN1CCN(c2nc(NC(C)C)cc(-c3ccccc3)n2)CC1. The van der Waals surface area contributed by atoms with Crippen molar-refractivity contribution in [3.63, 3.8) is 0 Å². The van der Waals surface area contributed by atoms with Crippen molar-refractivity contribution in [2.45, 2.75) is 26.8 Å².